The summed E-state index contributed by atoms with van der Waals surface area (Å²) in [6.07, 6.45) is 6.42. The summed E-state index contributed by atoms with van der Waals surface area (Å²) in [5.41, 5.74) is 0. The third-order valence-corrected chi connectivity index (χ3v) is 5.78. The summed E-state index contributed by atoms with van der Waals surface area (Å²) in [7, 11) is -2.73. The summed E-state index contributed by atoms with van der Waals surface area (Å²) in [4.78, 5) is 0. The summed E-state index contributed by atoms with van der Waals surface area (Å²) in [5, 5.41) is 9.92. The molecule has 0 fully saturated rings. The van der Waals surface area contributed by atoms with Crippen LogP contribution in [0.25, 0.3) is 0 Å². The van der Waals surface area contributed by atoms with Gasteiger partial charge in [0.25, 0.3) is 7.59 Å². The van der Waals surface area contributed by atoms with E-state index in [0.29, 0.717) is 0 Å². The molecule has 0 radical (unpaired) electrons. The van der Waals surface area contributed by atoms with E-state index >= 15 is 0 Å². The lowest BCUT2D eigenvalue weighted by Crippen LogP contribution is -2.42. The SMILES string of the molecule is CCCC(C)NP(=O)(NC(C)CCC)NC(C)CCC. The van der Waals surface area contributed by atoms with Crippen molar-refractivity contribution in [3.05, 3.63) is 0 Å². The van der Waals surface area contributed by atoms with Gasteiger partial charge in [-0.25, -0.2) is 15.3 Å². The van der Waals surface area contributed by atoms with Crippen molar-refractivity contribution in [2.24, 2.45) is 0 Å². The standard InChI is InChI=1S/C15H36N3OP/c1-7-10-13(4)16-20(19,17-14(5)11-8-2)18-15(6)12-9-3/h13-15H,7-12H2,1-6H3,(H3,16,17,18,19). The van der Waals surface area contributed by atoms with Crippen LogP contribution in [0.1, 0.15) is 80.1 Å². The molecule has 0 heterocycles. The average molecular weight is 305 g/mol. The molecule has 4 nitrogen and oxygen atoms in total. The van der Waals surface area contributed by atoms with Gasteiger partial charge in [0.05, 0.1) is 0 Å². The zero-order valence-electron chi connectivity index (χ0n) is 14.3. The van der Waals surface area contributed by atoms with Gasteiger partial charge in [0.15, 0.2) is 0 Å². The van der Waals surface area contributed by atoms with Crippen LogP contribution >= 0.6 is 7.59 Å². The Morgan fingerprint density at radius 3 is 1.15 bits per heavy atom. The molecule has 0 aliphatic carbocycles. The van der Waals surface area contributed by atoms with E-state index in [1.807, 2.05) is 0 Å². The highest BCUT2D eigenvalue weighted by molar-refractivity contribution is 7.57. The van der Waals surface area contributed by atoms with Gasteiger partial charge in [-0.3, -0.25) is 4.57 Å². The third kappa shape index (κ3) is 9.12. The Balaban J connectivity index is 4.69. The Morgan fingerprint density at radius 2 is 0.950 bits per heavy atom. The van der Waals surface area contributed by atoms with E-state index in [2.05, 4.69) is 56.8 Å². The van der Waals surface area contributed by atoms with Crippen molar-refractivity contribution in [3.8, 4) is 0 Å². The molecular formula is C15H36N3OP. The van der Waals surface area contributed by atoms with Crippen LogP contribution in [0.2, 0.25) is 0 Å². The van der Waals surface area contributed by atoms with Gasteiger partial charge in [-0.15, -0.1) is 0 Å². The van der Waals surface area contributed by atoms with Crippen LogP contribution in [0.3, 0.4) is 0 Å². The molecule has 0 aliphatic heterocycles. The topological polar surface area (TPSA) is 53.2 Å². The molecule has 3 unspecified atom stereocenters. The molecule has 0 saturated heterocycles. The first-order valence-electron chi connectivity index (χ1n) is 8.30. The van der Waals surface area contributed by atoms with Crippen LogP contribution in [-0.2, 0) is 4.57 Å². The van der Waals surface area contributed by atoms with Gasteiger partial charge >= 0.3 is 0 Å². The van der Waals surface area contributed by atoms with E-state index in [-0.39, 0.29) is 18.1 Å². The second-order valence-electron chi connectivity index (χ2n) is 6.07. The molecule has 0 spiro atoms. The molecule has 3 atom stereocenters. The van der Waals surface area contributed by atoms with Gasteiger partial charge < -0.3 is 0 Å². The predicted octanol–water partition coefficient (Wildman–Crippen LogP) is 4.43. The van der Waals surface area contributed by atoms with E-state index in [1.165, 1.54) is 0 Å². The Labute approximate surface area is 126 Å². The minimum absolute atomic E-state index is 0.258. The number of rotatable bonds is 12. The summed E-state index contributed by atoms with van der Waals surface area (Å²) >= 11 is 0. The van der Waals surface area contributed by atoms with Gasteiger partial charge in [-0.2, -0.15) is 0 Å². The Hall–Kier alpha value is 0.110. The highest BCUT2D eigenvalue weighted by Crippen LogP contribution is 2.34. The predicted molar refractivity (Wildman–Crippen MR) is 90.1 cm³/mol. The van der Waals surface area contributed by atoms with Crippen LogP contribution in [0.5, 0.6) is 0 Å². The molecule has 3 N–H and O–H groups in total. The Kier molecular flexibility index (Phi) is 10.8. The van der Waals surface area contributed by atoms with Crippen LogP contribution in [-0.4, -0.2) is 18.1 Å². The lowest BCUT2D eigenvalue weighted by atomic mass is 10.2. The first-order valence-corrected chi connectivity index (χ1v) is 10.0. The lowest BCUT2D eigenvalue weighted by Gasteiger charge is -2.30. The van der Waals surface area contributed by atoms with Crippen molar-refractivity contribution < 1.29 is 4.57 Å². The molecular weight excluding hydrogens is 269 g/mol. The van der Waals surface area contributed by atoms with Gasteiger partial charge in [0.2, 0.25) is 0 Å². The van der Waals surface area contributed by atoms with Crippen LogP contribution in [0.4, 0.5) is 0 Å². The first-order chi connectivity index (χ1) is 9.36. The van der Waals surface area contributed by atoms with Crippen molar-refractivity contribution in [2.45, 2.75) is 98.2 Å². The van der Waals surface area contributed by atoms with Gasteiger partial charge in [0.1, 0.15) is 0 Å². The van der Waals surface area contributed by atoms with Crippen LogP contribution in [0.15, 0.2) is 0 Å². The smallest absolute Gasteiger partial charge is 0.271 e. The van der Waals surface area contributed by atoms with E-state index in [9.17, 15) is 4.57 Å². The number of hydrogen-bond donors (Lipinski definition) is 3. The minimum Gasteiger partial charge on any atom is -0.271 e. The molecule has 0 aromatic rings. The molecule has 20 heavy (non-hydrogen) atoms. The summed E-state index contributed by atoms with van der Waals surface area (Å²) < 4.78 is 13.1. The van der Waals surface area contributed by atoms with E-state index in [1.54, 1.807) is 0 Å². The number of nitrogens with one attached hydrogen (secondary N) is 3. The van der Waals surface area contributed by atoms with E-state index < -0.39 is 7.59 Å². The molecule has 0 saturated carbocycles. The quantitative estimate of drug-likeness (QED) is 0.467. The fourth-order valence-corrected chi connectivity index (χ4v) is 5.01. The Morgan fingerprint density at radius 1 is 0.700 bits per heavy atom. The maximum atomic E-state index is 13.1. The highest BCUT2D eigenvalue weighted by atomic mass is 31.2. The molecule has 0 rings (SSSR count). The molecule has 0 amide bonds. The normalized spacial score (nSPS) is 19.3. The zero-order valence-corrected chi connectivity index (χ0v) is 15.2. The van der Waals surface area contributed by atoms with Crippen molar-refractivity contribution in [1.29, 1.82) is 0 Å². The zero-order chi connectivity index (χ0) is 15.6. The molecule has 0 bridgehead atoms. The number of hydrogen-bond acceptors (Lipinski definition) is 1. The van der Waals surface area contributed by atoms with Crippen molar-refractivity contribution in [1.82, 2.24) is 15.3 Å². The molecule has 0 aromatic carbocycles. The maximum Gasteiger partial charge on any atom is 0.279 e. The van der Waals surface area contributed by atoms with Gasteiger partial charge in [-0.1, -0.05) is 40.0 Å². The lowest BCUT2D eigenvalue weighted by molar-refractivity contribution is 0.477. The summed E-state index contributed by atoms with van der Waals surface area (Å²) in [5.74, 6) is 0. The first kappa shape index (κ1) is 20.1. The van der Waals surface area contributed by atoms with Gasteiger partial charge in [0, 0.05) is 18.1 Å². The highest BCUT2D eigenvalue weighted by Gasteiger charge is 2.26. The third-order valence-electron chi connectivity index (χ3n) is 3.37. The largest absolute Gasteiger partial charge is 0.279 e. The molecule has 5 heteroatoms. The fourth-order valence-electron chi connectivity index (χ4n) is 2.54. The second kappa shape index (κ2) is 10.8. The van der Waals surface area contributed by atoms with Gasteiger partial charge in [-0.05, 0) is 40.0 Å². The van der Waals surface area contributed by atoms with E-state index in [0.717, 1.165) is 38.5 Å². The fraction of sp³-hybridized carbons (Fsp3) is 1.00. The van der Waals surface area contributed by atoms with Crippen LogP contribution in [0, 0.1) is 0 Å². The second-order valence-corrected chi connectivity index (χ2v) is 8.06. The Bertz CT molecular complexity index is 243. The minimum atomic E-state index is -2.73. The van der Waals surface area contributed by atoms with Crippen LogP contribution < -0.4 is 15.3 Å². The van der Waals surface area contributed by atoms with Crippen molar-refractivity contribution in [2.75, 3.05) is 0 Å². The average Bonchev–Trinajstić information content (AvgIpc) is 2.28. The molecule has 122 valence electrons. The molecule has 0 aliphatic rings. The monoisotopic (exact) mass is 305 g/mol. The van der Waals surface area contributed by atoms with Crippen molar-refractivity contribution >= 4 is 7.59 Å². The molecule has 0 aromatic heterocycles. The maximum absolute atomic E-state index is 13.1. The summed E-state index contributed by atoms with van der Waals surface area (Å²) in [6, 6.07) is 0.774. The van der Waals surface area contributed by atoms with Crippen molar-refractivity contribution in [3.63, 3.8) is 0 Å². The van der Waals surface area contributed by atoms with E-state index in [4.69, 9.17) is 0 Å². The summed E-state index contributed by atoms with van der Waals surface area (Å²) in [6.45, 7) is 12.8.